The van der Waals surface area contributed by atoms with Gasteiger partial charge in [-0.2, -0.15) is 0 Å². The summed E-state index contributed by atoms with van der Waals surface area (Å²) in [6, 6.07) is 17.1. The highest BCUT2D eigenvalue weighted by Crippen LogP contribution is 2.46. The summed E-state index contributed by atoms with van der Waals surface area (Å²) in [6.45, 7) is 4.56. The number of hydrogen-bond donors (Lipinski definition) is 2. The Morgan fingerprint density at radius 3 is 1.00 bits per heavy atom. The van der Waals surface area contributed by atoms with Crippen molar-refractivity contribution < 1.29 is 0 Å². The summed E-state index contributed by atoms with van der Waals surface area (Å²) in [6.07, 6.45) is 0. The molecule has 18 heavy (non-hydrogen) atoms. The quantitative estimate of drug-likeness (QED) is 0.629. The topological polar surface area (TPSA) is 24.1 Å². The van der Waals surface area contributed by atoms with Crippen molar-refractivity contribution in [1.82, 2.24) is 10.6 Å². The minimum absolute atomic E-state index is 1.14. The van der Waals surface area contributed by atoms with Crippen molar-refractivity contribution in [1.29, 1.82) is 0 Å². The van der Waals surface area contributed by atoms with Crippen molar-refractivity contribution >= 4 is 0 Å². The van der Waals surface area contributed by atoms with E-state index in [0.717, 1.165) is 26.2 Å². The van der Waals surface area contributed by atoms with Crippen LogP contribution in [0.4, 0.5) is 0 Å². The van der Waals surface area contributed by atoms with Gasteiger partial charge in [-0.15, -0.1) is 0 Å². The van der Waals surface area contributed by atoms with E-state index in [1.54, 1.807) is 0 Å². The van der Waals surface area contributed by atoms with Crippen molar-refractivity contribution in [2.75, 3.05) is 26.2 Å². The Morgan fingerprint density at radius 2 is 0.778 bits per heavy atom. The van der Waals surface area contributed by atoms with Crippen LogP contribution in [0, 0.1) is 0 Å². The molecule has 0 unspecified atom stereocenters. The molecule has 0 radical (unpaired) electrons. The molecule has 0 bridgehead atoms. The lowest BCUT2D eigenvalue weighted by molar-refractivity contribution is 0.534. The summed E-state index contributed by atoms with van der Waals surface area (Å²) in [5, 5.41) is 6.44. The molecule has 1 fully saturated rings. The highest BCUT2D eigenvalue weighted by Gasteiger charge is 2.19. The molecule has 4 rings (SSSR count). The SMILES string of the molecule is C1CNCCN1.c1ccc2c(c1)-c1ccccc1-2. The van der Waals surface area contributed by atoms with E-state index in [0.29, 0.717) is 0 Å². The molecule has 92 valence electrons. The van der Waals surface area contributed by atoms with Crippen LogP contribution in [0.3, 0.4) is 0 Å². The Labute approximate surface area is 108 Å². The predicted octanol–water partition coefficient (Wildman–Crippen LogP) is 2.51. The number of rotatable bonds is 0. The zero-order valence-electron chi connectivity index (χ0n) is 10.4. The molecule has 2 aliphatic rings. The van der Waals surface area contributed by atoms with Gasteiger partial charge in [0.05, 0.1) is 0 Å². The Balaban J connectivity index is 0.000000142. The lowest BCUT2D eigenvalue weighted by Crippen LogP contribution is -2.39. The van der Waals surface area contributed by atoms with Gasteiger partial charge in [-0.1, -0.05) is 48.5 Å². The van der Waals surface area contributed by atoms with Gasteiger partial charge < -0.3 is 10.6 Å². The predicted molar refractivity (Wildman–Crippen MR) is 76.6 cm³/mol. The molecule has 0 atom stereocenters. The van der Waals surface area contributed by atoms with Gasteiger partial charge >= 0.3 is 0 Å². The Morgan fingerprint density at radius 1 is 0.500 bits per heavy atom. The second-order valence-corrected chi connectivity index (χ2v) is 4.59. The van der Waals surface area contributed by atoms with E-state index in [-0.39, 0.29) is 0 Å². The van der Waals surface area contributed by atoms with Crippen LogP contribution in [0.5, 0.6) is 0 Å². The molecule has 1 aliphatic carbocycles. The largest absolute Gasteiger partial charge is 0.314 e. The third-order valence-electron chi connectivity index (χ3n) is 3.39. The summed E-state index contributed by atoms with van der Waals surface area (Å²) < 4.78 is 0. The average Bonchev–Trinajstić information content (AvgIpc) is 2.47. The molecule has 1 aliphatic heterocycles. The van der Waals surface area contributed by atoms with Gasteiger partial charge in [-0.05, 0) is 22.3 Å². The van der Waals surface area contributed by atoms with E-state index >= 15 is 0 Å². The third-order valence-corrected chi connectivity index (χ3v) is 3.39. The monoisotopic (exact) mass is 238 g/mol. The molecule has 2 N–H and O–H groups in total. The van der Waals surface area contributed by atoms with Gasteiger partial charge in [0.1, 0.15) is 0 Å². The first-order chi connectivity index (χ1) is 8.97. The highest BCUT2D eigenvalue weighted by atomic mass is 15.0. The number of piperazine rings is 1. The van der Waals surface area contributed by atoms with E-state index in [2.05, 4.69) is 59.2 Å². The average molecular weight is 238 g/mol. The van der Waals surface area contributed by atoms with E-state index in [9.17, 15) is 0 Å². The van der Waals surface area contributed by atoms with Gasteiger partial charge in [-0.25, -0.2) is 0 Å². The maximum absolute atomic E-state index is 3.22. The summed E-state index contributed by atoms with van der Waals surface area (Å²) >= 11 is 0. The summed E-state index contributed by atoms with van der Waals surface area (Å²) in [5.74, 6) is 0. The van der Waals surface area contributed by atoms with Crippen LogP contribution in [-0.4, -0.2) is 26.2 Å². The highest BCUT2D eigenvalue weighted by molar-refractivity contribution is 6.02. The van der Waals surface area contributed by atoms with Crippen LogP contribution in [0.25, 0.3) is 22.3 Å². The Kier molecular flexibility index (Phi) is 3.40. The van der Waals surface area contributed by atoms with Crippen LogP contribution in [0.1, 0.15) is 0 Å². The molecule has 2 heteroatoms. The Bertz CT molecular complexity index is 419. The van der Waals surface area contributed by atoms with E-state index in [1.165, 1.54) is 22.3 Å². The molecule has 0 amide bonds. The molecule has 0 spiro atoms. The molecule has 1 saturated heterocycles. The lowest BCUT2D eigenvalue weighted by Gasteiger charge is -2.22. The summed E-state index contributed by atoms with van der Waals surface area (Å²) in [7, 11) is 0. The first-order valence-electron chi connectivity index (χ1n) is 6.57. The maximum atomic E-state index is 3.22. The van der Waals surface area contributed by atoms with Crippen LogP contribution < -0.4 is 10.6 Å². The van der Waals surface area contributed by atoms with E-state index in [1.807, 2.05) is 0 Å². The molecule has 0 aromatic heterocycles. The number of nitrogens with one attached hydrogen (secondary N) is 2. The lowest BCUT2D eigenvalue weighted by atomic mass is 9.81. The smallest absolute Gasteiger partial charge is 0.00772 e. The van der Waals surface area contributed by atoms with Crippen molar-refractivity contribution in [3.8, 4) is 22.3 Å². The molecule has 2 aromatic carbocycles. The Hall–Kier alpha value is -1.64. The van der Waals surface area contributed by atoms with Crippen molar-refractivity contribution in [2.45, 2.75) is 0 Å². The van der Waals surface area contributed by atoms with Gasteiger partial charge in [0, 0.05) is 26.2 Å². The molecule has 2 aromatic rings. The molecular formula is C16H18N2. The molecular weight excluding hydrogens is 220 g/mol. The fourth-order valence-electron chi connectivity index (χ4n) is 2.45. The summed E-state index contributed by atoms with van der Waals surface area (Å²) in [4.78, 5) is 0. The standard InChI is InChI=1S/C12H8.C4H10N2/c1-2-6-10-9(5-1)11-7-3-4-8-12(10)11;1-2-6-4-3-5-1/h1-8H;5-6H,1-4H2. The van der Waals surface area contributed by atoms with Gasteiger partial charge in [0.25, 0.3) is 0 Å². The van der Waals surface area contributed by atoms with Gasteiger partial charge in [0.15, 0.2) is 0 Å². The van der Waals surface area contributed by atoms with Crippen LogP contribution in [-0.2, 0) is 0 Å². The normalized spacial score (nSPS) is 15.6. The minimum atomic E-state index is 1.14. The number of fused-ring (bicyclic) bond motifs is 4. The van der Waals surface area contributed by atoms with E-state index in [4.69, 9.17) is 0 Å². The third kappa shape index (κ3) is 2.17. The van der Waals surface area contributed by atoms with Gasteiger partial charge in [-0.3, -0.25) is 0 Å². The zero-order chi connectivity index (χ0) is 12.2. The molecule has 2 nitrogen and oxygen atoms in total. The fraction of sp³-hybridized carbons (Fsp3) is 0.250. The molecule has 0 saturated carbocycles. The molecule has 1 heterocycles. The number of benzene rings is 2. The fourth-order valence-corrected chi connectivity index (χ4v) is 2.45. The van der Waals surface area contributed by atoms with Crippen LogP contribution in [0.2, 0.25) is 0 Å². The van der Waals surface area contributed by atoms with Crippen LogP contribution in [0.15, 0.2) is 48.5 Å². The zero-order valence-corrected chi connectivity index (χ0v) is 10.4. The second kappa shape index (κ2) is 5.34. The van der Waals surface area contributed by atoms with Crippen molar-refractivity contribution in [2.24, 2.45) is 0 Å². The minimum Gasteiger partial charge on any atom is -0.314 e. The van der Waals surface area contributed by atoms with Crippen molar-refractivity contribution in [3.05, 3.63) is 48.5 Å². The summed E-state index contributed by atoms with van der Waals surface area (Å²) in [5.41, 5.74) is 5.59. The van der Waals surface area contributed by atoms with Gasteiger partial charge in [0.2, 0.25) is 0 Å². The first kappa shape index (κ1) is 11.5. The van der Waals surface area contributed by atoms with Crippen molar-refractivity contribution in [3.63, 3.8) is 0 Å². The number of hydrogen-bond acceptors (Lipinski definition) is 2. The second-order valence-electron chi connectivity index (χ2n) is 4.59. The van der Waals surface area contributed by atoms with Crippen LogP contribution >= 0.6 is 0 Å². The maximum Gasteiger partial charge on any atom is 0.00772 e. The van der Waals surface area contributed by atoms with E-state index < -0.39 is 0 Å². The first-order valence-corrected chi connectivity index (χ1v) is 6.57.